The lowest BCUT2D eigenvalue weighted by Crippen LogP contribution is -2.39. The van der Waals surface area contributed by atoms with E-state index in [0.717, 1.165) is 30.1 Å². The van der Waals surface area contributed by atoms with Crippen LogP contribution < -0.4 is 16.0 Å². The van der Waals surface area contributed by atoms with Crippen molar-refractivity contribution in [3.05, 3.63) is 35.4 Å². The number of nitrogens with zero attached hydrogens (tertiary/aromatic N) is 1. The first-order chi connectivity index (χ1) is 12.8. The molecule has 1 aromatic rings. The molecule has 152 valence electrons. The van der Waals surface area contributed by atoms with Crippen LogP contribution in [0.1, 0.15) is 45.2 Å². The predicted octanol–water partition coefficient (Wildman–Crippen LogP) is 2.80. The average Bonchev–Trinajstić information content (AvgIpc) is 2.58. The summed E-state index contributed by atoms with van der Waals surface area (Å²) in [7, 11) is 1.69. The van der Waals surface area contributed by atoms with Crippen LogP contribution in [0.25, 0.3) is 0 Å². The van der Waals surface area contributed by atoms with Crippen LogP contribution in [0.15, 0.2) is 29.3 Å². The summed E-state index contributed by atoms with van der Waals surface area (Å²) >= 11 is 0. The van der Waals surface area contributed by atoms with Crippen LogP contribution in [-0.2, 0) is 22.6 Å². The molecule has 0 radical (unpaired) electrons. The van der Waals surface area contributed by atoms with E-state index in [-0.39, 0.29) is 6.09 Å². The van der Waals surface area contributed by atoms with Gasteiger partial charge in [-0.25, -0.2) is 9.79 Å². The molecule has 0 bridgehead atoms. The van der Waals surface area contributed by atoms with Gasteiger partial charge in [0.25, 0.3) is 0 Å². The summed E-state index contributed by atoms with van der Waals surface area (Å²) in [6, 6.07) is 8.21. The molecule has 0 aliphatic carbocycles. The fourth-order valence-electron chi connectivity index (χ4n) is 2.30. The zero-order valence-corrected chi connectivity index (χ0v) is 17.2. The van der Waals surface area contributed by atoms with Crippen LogP contribution in [0.4, 0.5) is 4.79 Å². The standard InChI is InChI=1S/C20H34N4O3/c1-6-21-18(22-11-8-12-23-19(25)27-20(2,3)4)24-14-16-9-7-10-17(13-16)15-26-5/h7,9-10,13H,6,8,11-12,14-15H2,1-5H3,(H,23,25)(H2,21,22,24). The molecule has 0 spiro atoms. The summed E-state index contributed by atoms with van der Waals surface area (Å²) in [6.07, 6.45) is 0.381. The highest BCUT2D eigenvalue weighted by molar-refractivity contribution is 5.79. The van der Waals surface area contributed by atoms with Crippen molar-refractivity contribution in [1.82, 2.24) is 16.0 Å². The molecule has 0 saturated carbocycles. The highest BCUT2D eigenvalue weighted by Gasteiger charge is 2.15. The normalized spacial score (nSPS) is 11.8. The van der Waals surface area contributed by atoms with Gasteiger partial charge in [-0.3, -0.25) is 0 Å². The maximum atomic E-state index is 11.6. The Morgan fingerprint density at radius 3 is 2.48 bits per heavy atom. The number of hydrogen-bond donors (Lipinski definition) is 3. The van der Waals surface area contributed by atoms with E-state index in [0.29, 0.717) is 26.2 Å². The van der Waals surface area contributed by atoms with E-state index in [1.807, 2.05) is 39.8 Å². The SMILES string of the molecule is CCNC(=NCc1cccc(COC)c1)NCCCNC(=O)OC(C)(C)C. The van der Waals surface area contributed by atoms with Crippen LogP contribution in [0, 0.1) is 0 Å². The van der Waals surface area contributed by atoms with Crippen LogP contribution in [0.2, 0.25) is 0 Å². The Kier molecular flexibility index (Phi) is 10.3. The third-order valence-corrected chi connectivity index (χ3v) is 3.38. The second-order valence-electron chi connectivity index (χ2n) is 7.16. The van der Waals surface area contributed by atoms with Gasteiger partial charge in [-0.15, -0.1) is 0 Å². The minimum absolute atomic E-state index is 0.390. The Labute approximate surface area is 162 Å². The highest BCUT2D eigenvalue weighted by Crippen LogP contribution is 2.08. The summed E-state index contributed by atoms with van der Waals surface area (Å²) < 4.78 is 10.4. The first-order valence-corrected chi connectivity index (χ1v) is 9.40. The van der Waals surface area contributed by atoms with Gasteiger partial charge in [0, 0.05) is 26.7 Å². The first-order valence-electron chi connectivity index (χ1n) is 9.40. The van der Waals surface area contributed by atoms with E-state index in [1.165, 1.54) is 0 Å². The number of benzene rings is 1. The lowest BCUT2D eigenvalue weighted by molar-refractivity contribution is 0.0527. The van der Waals surface area contributed by atoms with Crippen LogP contribution >= 0.6 is 0 Å². The van der Waals surface area contributed by atoms with Gasteiger partial charge >= 0.3 is 6.09 Å². The number of aliphatic imine (C=N–C) groups is 1. The minimum atomic E-state index is -0.478. The molecule has 0 aromatic heterocycles. The molecule has 1 rings (SSSR count). The van der Waals surface area contributed by atoms with Gasteiger partial charge < -0.3 is 25.4 Å². The molecule has 0 aliphatic rings. The van der Waals surface area contributed by atoms with Crippen LogP contribution in [-0.4, -0.2) is 44.4 Å². The molecule has 3 N–H and O–H groups in total. The molecule has 0 heterocycles. The lowest BCUT2D eigenvalue weighted by atomic mass is 10.1. The van der Waals surface area contributed by atoms with Gasteiger partial charge in [-0.05, 0) is 45.2 Å². The van der Waals surface area contributed by atoms with E-state index in [9.17, 15) is 4.79 Å². The maximum absolute atomic E-state index is 11.6. The van der Waals surface area contributed by atoms with Crippen molar-refractivity contribution in [3.8, 4) is 0 Å². The van der Waals surface area contributed by atoms with Gasteiger partial charge in [0.15, 0.2) is 5.96 Å². The Morgan fingerprint density at radius 2 is 1.81 bits per heavy atom. The van der Waals surface area contributed by atoms with Crippen molar-refractivity contribution in [1.29, 1.82) is 0 Å². The van der Waals surface area contributed by atoms with Crippen LogP contribution in [0.5, 0.6) is 0 Å². The summed E-state index contributed by atoms with van der Waals surface area (Å²) in [4.78, 5) is 16.2. The fourth-order valence-corrected chi connectivity index (χ4v) is 2.30. The fraction of sp³-hybridized carbons (Fsp3) is 0.600. The summed E-state index contributed by atoms with van der Waals surface area (Å²) in [5, 5.41) is 9.25. The molecule has 0 aliphatic heterocycles. The quantitative estimate of drug-likeness (QED) is 0.350. The Morgan fingerprint density at radius 1 is 1.11 bits per heavy atom. The Hall–Kier alpha value is -2.28. The number of nitrogens with one attached hydrogen (secondary N) is 3. The monoisotopic (exact) mass is 378 g/mol. The van der Waals surface area contributed by atoms with E-state index < -0.39 is 5.60 Å². The van der Waals surface area contributed by atoms with Crippen molar-refractivity contribution < 1.29 is 14.3 Å². The molecule has 7 nitrogen and oxygen atoms in total. The van der Waals surface area contributed by atoms with Gasteiger partial charge in [-0.2, -0.15) is 0 Å². The maximum Gasteiger partial charge on any atom is 0.407 e. The van der Waals surface area contributed by atoms with E-state index >= 15 is 0 Å². The molecular formula is C20H34N4O3. The number of alkyl carbamates (subject to hydrolysis) is 1. The number of ether oxygens (including phenoxy) is 2. The molecule has 27 heavy (non-hydrogen) atoms. The summed E-state index contributed by atoms with van der Waals surface area (Å²) in [5.41, 5.74) is 1.79. The molecular weight excluding hydrogens is 344 g/mol. The first kappa shape index (κ1) is 22.8. The van der Waals surface area contributed by atoms with Crippen molar-refractivity contribution in [2.45, 2.75) is 52.9 Å². The van der Waals surface area contributed by atoms with Crippen LogP contribution in [0.3, 0.4) is 0 Å². The van der Waals surface area contributed by atoms with Crippen molar-refractivity contribution >= 4 is 12.1 Å². The molecule has 0 atom stereocenters. The lowest BCUT2D eigenvalue weighted by Gasteiger charge is -2.19. The van der Waals surface area contributed by atoms with Gasteiger partial charge in [-0.1, -0.05) is 24.3 Å². The number of amides is 1. The summed E-state index contributed by atoms with van der Waals surface area (Å²) in [5.74, 6) is 0.756. The molecule has 0 unspecified atom stereocenters. The largest absolute Gasteiger partial charge is 0.444 e. The minimum Gasteiger partial charge on any atom is -0.444 e. The predicted molar refractivity (Wildman–Crippen MR) is 109 cm³/mol. The topological polar surface area (TPSA) is 84.0 Å². The van der Waals surface area contributed by atoms with Crippen molar-refractivity contribution in [3.63, 3.8) is 0 Å². The number of carbonyl (C=O) groups excluding carboxylic acids is 1. The Balaban J connectivity index is 2.39. The van der Waals surface area contributed by atoms with E-state index in [2.05, 4.69) is 33.1 Å². The molecule has 1 aromatic carbocycles. The zero-order chi connectivity index (χ0) is 20.1. The number of hydrogen-bond acceptors (Lipinski definition) is 4. The summed E-state index contributed by atoms with van der Waals surface area (Å²) in [6.45, 7) is 10.8. The second kappa shape index (κ2) is 12.2. The van der Waals surface area contributed by atoms with Gasteiger partial charge in [0.1, 0.15) is 5.60 Å². The van der Waals surface area contributed by atoms with Crippen molar-refractivity contribution in [2.75, 3.05) is 26.7 Å². The smallest absolute Gasteiger partial charge is 0.407 e. The van der Waals surface area contributed by atoms with Gasteiger partial charge in [0.05, 0.1) is 13.2 Å². The van der Waals surface area contributed by atoms with E-state index in [4.69, 9.17) is 9.47 Å². The molecule has 0 fully saturated rings. The van der Waals surface area contributed by atoms with E-state index in [1.54, 1.807) is 7.11 Å². The molecule has 7 heteroatoms. The third kappa shape index (κ3) is 11.1. The molecule has 0 saturated heterocycles. The number of carbonyl (C=O) groups is 1. The number of methoxy groups -OCH3 is 1. The van der Waals surface area contributed by atoms with Crippen molar-refractivity contribution in [2.24, 2.45) is 4.99 Å². The second-order valence-corrected chi connectivity index (χ2v) is 7.16. The number of guanidine groups is 1. The zero-order valence-electron chi connectivity index (χ0n) is 17.2. The highest BCUT2D eigenvalue weighted by atomic mass is 16.6. The molecule has 1 amide bonds. The average molecular weight is 379 g/mol. The number of rotatable bonds is 9. The third-order valence-electron chi connectivity index (χ3n) is 3.38. The van der Waals surface area contributed by atoms with Gasteiger partial charge in [0.2, 0.25) is 0 Å². The Bertz CT molecular complexity index is 597.